The maximum atomic E-state index is 13.3. The van der Waals surface area contributed by atoms with Gasteiger partial charge >= 0.3 is 0 Å². The molecule has 2 amide bonds. The van der Waals surface area contributed by atoms with Crippen LogP contribution in [0.15, 0.2) is 48.5 Å². The average Bonchev–Trinajstić information content (AvgIpc) is 2.80. The smallest absolute Gasteiger partial charge is 0.282 e. The van der Waals surface area contributed by atoms with Crippen LogP contribution in [0.2, 0.25) is 5.02 Å². The maximum absolute atomic E-state index is 13.3. The monoisotopic (exact) mass is 487 g/mol. The second-order valence-electron chi connectivity index (χ2n) is 9.59. The molecule has 1 saturated heterocycles. The molecule has 2 aromatic rings. The zero-order valence-electron chi connectivity index (χ0n) is 19.7. The number of carbonyl (C=O) groups is 2. The number of para-hydroxylation sites is 1. The highest BCUT2D eigenvalue weighted by atomic mass is 35.5. The summed E-state index contributed by atoms with van der Waals surface area (Å²) >= 11 is 6.00. The number of halogens is 1. The number of hydrogen-bond acceptors (Lipinski definition) is 5. The van der Waals surface area contributed by atoms with Crippen molar-refractivity contribution in [3.63, 3.8) is 0 Å². The van der Waals surface area contributed by atoms with Crippen molar-refractivity contribution in [3.05, 3.63) is 74.8 Å². The van der Waals surface area contributed by atoms with Crippen LogP contribution in [0.1, 0.15) is 50.0 Å². The summed E-state index contributed by atoms with van der Waals surface area (Å²) in [6.07, 6.45) is 0.358. The Morgan fingerprint density at radius 1 is 1.15 bits per heavy atom. The SMILES string of the molecule is CC(NC(=O)c1ccccc1[N+](=O)[O-])[C@@H](C)C(=O)N1CC[C@](O)(c2ccc(Cl)cc2)C(C)(C)C1. The highest BCUT2D eigenvalue weighted by molar-refractivity contribution is 6.30. The third-order valence-corrected chi connectivity index (χ3v) is 7.18. The molecule has 34 heavy (non-hydrogen) atoms. The Labute approximate surface area is 204 Å². The molecule has 0 aliphatic carbocycles. The van der Waals surface area contributed by atoms with Gasteiger partial charge in [0.15, 0.2) is 0 Å². The van der Waals surface area contributed by atoms with Gasteiger partial charge in [0.2, 0.25) is 5.91 Å². The van der Waals surface area contributed by atoms with Crippen molar-refractivity contribution in [2.24, 2.45) is 11.3 Å². The van der Waals surface area contributed by atoms with E-state index in [4.69, 9.17) is 11.6 Å². The molecule has 0 bridgehead atoms. The van der Waals surface area contributed by atoms with Crippen LogP contribution in [0.4, 0.5) is 5.69 Å². The first-order chi connectivity index (χ1) is 15.9. The molecule has 1 heterocycles. The number of nitrogens with zero attached hydrogens (tertiary/aromatic N) is 2. The molecule has 182 valence electrons. The topological polar surface area (TPSA) is 113 Å². The van der Waals surface area contributed by atoms with E-state index in [2.05, 4.69) is 5.32 Å². The largest absolute Gasteiger partial charge is 0.384 e. The quantitative estimate of drug-likeness (QED) is 0.469. The third kappa shape index (κ3) is 4.93. The Balaban J connectivity index is 1.70. The van der Waals surface area contributed by atoms with Crippen LogP contribution in [0.25, 0.3) is 0 Å². The lowest BCUT2D eigenvalue weighted by Crippen LogP contribution is -2.58. The molecule has 1 aliphatic rings. The van der Waals surface area contributed by atoms with Gasteiger partial charge in [-0.05, 0) is 37.1 Å². The lowest BCUT2D eigenvalue weighted by molar-refractivity contribution is -0.385. The van der Waals surface area contributed by atoms with Gasteiger partial charge in [-0.15, -0.1) is 0 Å². The number of nitro groups is 1. The van der Waals surface area contributed by atoms with Gasteiger partial charge in [-0.1, -0.05) is 56.6 Å². The molecule has 3 atom stereocenters. The first-order valence-corrected chi connectivity index (χ1v) is 11.6. The molecule has 0 spiro atoms. The van der Waals surface area contributed by atoms with Crippen molar-refractivity contribution in [1.29, 1.82) is 0 Å². The van der Waals surface area contributed by atoms with Crippen molar-refractivity contribution in [3.8, 4) is 0 Å². The fourth-order valence-electron chi connectivity index (χ4n) is 4.51. The summed E-state index contributed by atoms with van der Waals surface area (Å²) in [6, 6.07) is 12.3. The minimum atomic E-state index is -1.12. The Hall–Kier alpha value is -2.97. The fraction of sp³-hybridized carbons (Fsp3) is 0.440. The fourth-order valence-corrected chi connectivity index (χ4v) is 4.63. The highest BCUT2D eigenvalue weighted by Crippen LogP contribution is 2.46. The molecule has 1 aliphatic heterocycles. The van der Waals surface area contributed by atoms with Crippen LogP contribution >= 0.6 is 11.6 Å². The number of piperidine rings is 1. The Bertz CT molecular complexity index is 1090. The molecule has 2 aromatic carbocycles. The molecular weight excluding hydrogens is 458 g/mol. The van der Waals surface area contributed by atoms with Crippen molar-refractivity contribution in [2.75, 3.05) is 13.1 Å². The van der Waals surface area contributed by atoms with E-state index in [1.807, 2.05) is 26.0 Å². The third-order valence-electron chi connectivity index (χ3n) is 6.93. The van der Waals surface area contributed by atoms with E-state index in [1.165, 1.54) is 18.2 Å². The first-order valence-electron chi connectivity index (χ1n) is 11.2. The number of benzene rings is 2. The Morgan fingerprint density at radius 2 is 1.76 bits per heavy atom. The van der Waals surface area contributed by atoms with Gasteiger partial charge in [-0.2, -0.15) is 0 Å². The average molecular weight is 488 g/mol. The van der Waals surface area contributed by atoms with Crippen molar-refractivity contribution >= 4 is 29.1 Å². The zero-order valence-corrected chi connectivity index (χ0v) is 20.5. The van der Waals surface area contributed by atoms with Gasteiger partial charge in [-0.25, -0.2) is 0 Å². The maximum Gasteiger partial charge on any atom is 0.282 e. The molecule has 3 rings (SSSR count). The number of carbonyl (C=O) groups excluding carboxylic acids is 2. The normalized spacial score (nSPS) is 21.4. The summed E-state index contributed by atoms with van der Waals surface area (Å²) in [5.41, 5.74) is -1.33. The molecule has 2 N–H and O–H groups in total. The number of nitrogens with one attached hydrogen (secondary N) is 1. The summed E-state index contributed by atoms with van der Waals surface area (Å²) in [5, 5.41) is 26.1. The van der Waals surface area contributed by atoms with Gasteiger partial charge in [0.05, 0.1) is 16.4 Å². The van der Waals surface area contributed by atoms with E-state index in [1.54, 1.807) is 36.9 Å². The second-order valence-corrected chi connectivity index (χ2v) is 10.0. The van der Waals surface area contributed by atoms with Crippen LogP contribution in [0.3, 0.4) is 0 Å². The van der Waals surface area contributed by atoms with E-state index < -0.39 is 33.8 Å². The zero-order chi connectivity index (χ0) is 25.3. The van der Waals surface area contributed by atoms with Crippen LogP contribution in [0, 0.1) is 21.4 Å². The predicted molar refractivity (Wildman–Crippen MR) is 130 cm³/mol. The van der Waals surface area contributed by atoms with Gasteiger partial charge in [-0.3, -0.25) is 19.7 Å². The first kappa shape index (κ1) is 25.6. The summed E-state index contributed by atoms with van der Waals surface area (Å²) in [6.45, 7) is 7.96. The number of hydrogen-bond donors (Lipinski definition) is 2. The lowest BCUT2D eigenvalue weighted by atomic mass is 9.66. The number of nitro benzene ring substituents is 1. The second kappa shape index (κ2) is 9.72. The van der Waals surface area contributed by atoms with E-state index >= 15 is 0 Å². The summed E-state index contributed by atoms with van der Waals surface area (Å²) in [4.78, 5) is 38.3. The number of aliphatic hydroxyl groups is 1. The highest BCUT2D eigenvalue weighted by Gasteiger charge is 2.50. The molecule has 0 radical (unpaired) electrons. The number of likely N-dealkylation sites (tertiary alicyclic amines) is 1. The van der Waals surface area contributed by atoms with Gasteiger partial charge in [0.25, 0.3) is 11.6 Å². The molecule has 9 heteroatoms. The molecule has 1 unspecified atom stereocenters. The Kier molecular flexibility index (Phi) is 7.33. The van der Waals surface area contributed by atoms with E-state index in [9.17, 15) is 24.8 Å². The van der Waals surface area contributed by atoms with E-state index in [-0.39, 0.29) is 17.2 Å². The Morgan fingerprint density at radius 3 is 2.35 bits per heavy atom. The van der Waals surface area contributed by atoms with E-state index in [0.29, 0.717) is 24.5 Å². The van der Waals surface area contributed by atoms with Crippen LogP contribution < -0.4 is 5.32 Å². The van der Waals surface area contributed by atoms with Gasteiger partial charge < -0.3 is 15.3 Å². The molecule has 0 aromatic heterocycles. The lowest BCUT2D eigenvalue weighted by Gasteiger charge is -2.51. The van der Waals surface area contributed by atoms with Crippen molar-refractivity contribution in [1.82, 2.24) is 10.2 Å². The standard InChI is InChI=1S/C25H30ClN3O5/c1-16(17(2)27-22(30)20-7-5-6-8-21(20)29(33)34)23(31)28-14-13-25(32,24(3,4)15-28)18-9-11-19(26)12-10-18/h5-12,16-17,32H,13-15H2,1-4H3,(H,27,30)/t16-,17?,25+/m1/s1. The predicted octanol–water partition coefficient (Wildman–Crippen LogP) is 4.15. The molecular formula is C25H30ClN3O5. The number of amides is 2. The number of rotatable bonds is 6. The molecule has 0 saturated carbocycles. The van der Waals surface area contributed by atoms with Crippen LogP contribution in [-0.4, -0.2) is 45.9 Å². The van der Waals surface area contributed by atoms with Crippen molar-refractivity contribution < 1.29 is 19.6 Å². The summed E-state index contributed by atoms with van der Waals surface area (Å²) in [5.74, 6) is -1.32. The van der Waals surface area contributed by atoms with Crippen molar-refractivity contribution in [2.45, 2.75) is 45.8 Å². The van der Waals surface area contributed by atoms with E-state index in [0.717, 1.165) is 5.56 Å². The minimum Gasteiger partial charge on any atom is -0.384 e. The van der Waals surface area contributed by atoms with Crippen LogP contribution in [0.5, 0.6) is 0 Å². The summed E-state index contributed by atoms with van der Waals surface area (Å²) < 4.78 is 0. The summed E-state index contributed by atoms with van der Waals surface area (Å²) in [7, 11) is 0. The minimum absolute atomic E-state index is 0.0499. The van der Waals surface area contributed by atoms with Crippen LogP contribution in [-0.2, 0) is 10.4 Å². The molecule has 1 fully saturated rings. The van der Waals surface area contributed by atoms with Gasteiger partial charge in [0.1, 0.15) is 5.56 Å². The van der Waals surface area contributed by atoms with Gasteiger partial charge in [0, 0.05) is 35.6 Å². The molecule has 8 nitrogen and oxygen atoms in total.